The van der Waals surface area contributed by atoms with Gasteiger partial charge in [0.25, 0.3) is 0 Å². The third kappa shape index (κ3) is 3.22. The molecule has 1 aliphatic heterocycles. The molecule has 0 aliphatic carbocycles. The molecule has 0 saturated carbocycles. The summed E-state index contributed by atoms with van der Waals surface area (Å²) in [7, 11) is 0. The molecule has 17 heavy (non-hydrogen) atoms. The second-order valence-electron chi connectivity index (χ2n) is 5.14. The maximum atomic E-state index is 11.7. The molecule has 0 spiro atoms. The number of alkyl carbamates (subject to hydrolysis) is 1. The van der Waals surface area contributed by atoms with Crippen molar-refractivity contribution in [3.05, 3.63) is 12.7 Å². The molecule has 1 aliphatic rings. The van der Waals surface area contributed by atoms with E-state index in [4.69, 9.17) is 4.74 Å². The molecule has 1 fully saturated rings. The van der Waals surface area contributed by atoms with Crippen LogP contribution in [0.4, 0.5) is 4.79 Å². The van der Waals surface area contributed by atoms with Crippen LogP contribution in [0.15, 0.2) is 12.7 Å². The van der Waals surface area contributed by atoms with Crippen molar-refractivity contribution in [1.82, 2.24) is 10.2 Å². The Bertz CT molecular complexity index is 333. The predicted molar refractivity (Wildman–Crippen MR) is 64.5 cm³/mol. The molecule has 2 atom stereocenters. The van der Waals surface area contributed by atoms with Gasteiger partial charge in [0, 0.05) is 6.54 Å². The first kappa shape index (κ1) is 13.5. The quantitative estimate of drug-likeness (QED) is 0.597. The van der Waals surface area contributed by atoms with Gasteiger partial charge in [0.15, 0.2) is 0 Å². The molecule has 1 N–H and O–H groups in total. The number of nitrogens with one attached hydrogen (secondary N) is 1. The Labute approximate surface area is 102 Å². The van der Waals surface area contributed by atoms with E-state index in [1.165, 1.54) is 0 Å². The van der Waals surface area contributed by atoms with E-state index >= 15 is 0 Å². The molecule has 0 aromatic rings. The second-order valence-corrected chi connectivity index (χ2v) is 5.14. The number of nitrogens with zero attached hydrogens (tertiary/aromatic N) is 1. The fourth-order valence-electron chi connectivity index (χ4n) is 1.70. The monoisotopic (exact) mass is 240 g/mol. The normalized spacial score (nSPS) is 24.0. The summed E-state index contributed by atoms with van der Waals surface area (Å²) in [4.78, 5) is 24.8. The summed E-state index contributed by atoms with van der Waals surface area (Å²) in [5, 5.41) is 2.57. The standard InChI is InChI=1S/C12H20N2O3/c1-6-7-14-8(2)9(10(14)15)13-11(16)17-12(3,4)5/h6,8-9H,1,7H2,2-5H3,(H,13,16). The number of rotatable bonds is 3. The molecule has 1 heterocycles. The van der Waals surface area contributed by atoms with E-state index < -0.39 is 17.7 Å². The second kappa shape index (κ2) is 4.77. The number of hydrogen-bond acceptors (Lipinski definition) is 3. The van der Waals surface area contributed by atoms with Gasteiger partial charge in [-0.25, -0.2) is 4.79 Å². The summed E-state index contributed by atoms with van der Waals surface area (Å²) >= 11 is 0. The highest BCUT2D eigenvalue weighted by Crippen LogP contribution is 2.19. The lowest BCUT2D eigenvalue weighted by Gasteiger charge is -2.44. The van der Waals surface area contributed by atoms with Gasteiger partial charge in [-0.05, 0) is 27.7 Å². The van der Waals surface area contributed by atoms with Gasteiger partial charge in [0.1, 0.15) is 11.6 Å². The first-order valence-electron chi connectivity index (χ1n) is 5.67. The molecule has 96 valence electrons. The zero-order valence-electron chi connectivity index (χ0n) is 10.8. The Kier molecular flexibility index (Phi) is 3.80. The van der Waals surface area contributed by atoms with Gasteiger partial charge in [-0.3, -0.25) is 4.79 Å². The molecule has 5 heteroatoms. The van der Waals surface area contributed by atoms with E-state index in [0.29, 0.717) is 6.54 Å². The zero-order valence-corrected chi connectivity index (χ0v) is 10.8. The van der Waals surface area contributed by atoms with Crippen LogP contribution < -0.4 is 5.32 Å². The Morgan fingerprint density at radius 1 is 1.59 bits per heavy atom. The summed E-state index contributed by atoms with van der Waals surface area (Å²) in [5.41, 5.74) is -0.555. The number of carbonyl (C=O) groups excluding carboxylic acids is 2. The van der Waals surface area contributed by atoms with E-state index in [1.54, 1.807) is 31.7 Å². The summed E-state index contributed by atoms with van der Waals surface area (Å²) in [6, 6.07) is -0.502. The molecule has 2 unspecified atom stereocenters. The minimum Gasteiger partial charge on any atom is -0.444 e. The Balaban J connectivity index is 2.47. The van der Waals surface area contributed by atoms with Crippen LogP contribution in [0.3, 0.4) is 0 Å². The third-order valence-corrected chi connectivity index (χ3v) is 2.52. The average Bonchev–Trinajstić information content (AvgIpc) is 2.19. The number of ether oxygens (including phenoxy) is 1. The van der Waals surface area contributed by atoms with Crippen LogP contribution in [-0.2, 0) is 9.53 Å². The molecule has 0 bridgehead atoms. The van der Waals surface area contributed by atoms with Crippen LogP contribution >= 0.6 is 0 Å². The van der Waals surface area contributed by atoms with Crippen molar-refractivity contribution in [3.8, 4) is 0 Å². The number of hydrogen-bond donors (Lipinski definition) is 1. The Morgan fingerprint density at radius 3 is 2.59 bits per heavy atom. The van der Waals surface area contributed by atoms with Crippen LogP contribution in [-0.4, -0.2) is 41.1 Å². The Morgan fingerprint density at radius 2 is 2.18 bits per heavy atom. The number of carbonyl (C=O) groups is 2. The lowest BCUT2D eigenvalue weighted by molar-refractivity contribution is -0.148. The molecule has 0 aromatic heterocycles. The van der Waals surface area contributed by atoms with Gasteiger partial charge in [0.05, 0.1) is 6.04 Å². The van der Waals surface area contributed by atoms with Gasteiger partial charge >= 0.3 is 6.09 Å². The van der Waals surface area contributed by atoms with Gasteiger partial charge in [-0.15, -0.1) is 6.58 Å². The lowest BCUT2D eigenvalue weighted by Crippen LogP contribution is -2.69. The van der Waals surface area contributed by atoms with Crippen LogP contribution in [0.1, 0.15) is 27.7 Å². The summed E-state index contributed by atoms with van der Waals surface area (Å²) < 4.78 is 5.10. The highest BCUT2D eigenvalue weighted by Gasteiger charge is 2.44. The van der Waals surface area contributed by atoms with Gasteiger partial charge < -0.3 is 15.0 Å². The largest absolute Gasteiger partial charge is 0.444 e. The fraction of sp³-hybridized carbons (Fsp3) is 0.667. The topological polar surface area (TPSA) is 58.6 Å². The van der Waals surface area contributed by atoms with Crippen LogP contribution in [0.5, 0.6) is 0 Å². The first-order valence-corrected chi connectivity index (χ1v) is 5.67. The van der Waals surface area contributed by atoms with E-state index in [1.807, 2.05) is 6.92 Å². The van der Waals surface area contributed by atoms with Crippen LogP contribution in [0.2, 0.25) is 0 Å². The van der Waals surface area contributed by atoms with Gasteiger partial charge in [0.2, 0.25) is 5.91 Å². The molecule has 1 rings (SSSR count). The van der Waals surface area contributed by atoms with Crippen molar-refractivity contribution in [1.29, 1.82) is 0 Å². The fourth-order valence-corrected chi connectivity index (χ4v) is 1.70. The maximum Gasteiger partial charge on any atom is 0.408 e. The van der Waals surface area contributed by atoms with Crippen molar-refractivity contribution in [2.45, 2.75) is 45.4 Å². The molecular weight excluding hydrogens is 220 g/mol. The van der Waals surface area contributed by atoms with E-state index in [2.05, 4.69) is 11.9 Å². The zero-order chi connectivity index (χ0) is 13.2. The predicted octanol–water partition coefficient (Wildman–Crippen LogP) is 1.30. The Hall–Kier alpha value is -1.52. The van der Waals surface area contributed by atoms with E-state index in [9.17, 15) is 9.59 Å². The molecule has 5 nitrogen and oxygen atoms in total. The summed E-state index contributed by atoms with van der Waals surface area (Å²) in [5.74, 6) is -0.0942. The smallest absolute Gasteiger partial charge is 0.408 e. The van der Waals surface area contributed by atoms with Crippen LogP contribution in [0.25, 0.3) is 0 Å². The van der Waals surface area contributed by atoms with Crippen molar-refractivity contribution in [2.24, 2.45) is 0 Å². The SMILES string of the molecule is C=CCN1C(=O)C(NC(=O)OC(C)(C)C)C1C. The molecule has 0 aromatic carbocycles. The summed E-state index contributed by atoms with van der Waals surface area (Å²) in [6.45, 7) is 11.3. The van der Waals surface area contributed by atoms with Gasteiger partial charge in [-0.2, -0.15) is 0 Å². The summed E-state index contributed by atoms with van der Waals surface area (Å²) in [6.07, 6.45) is 1.11. The van der Waals surface area contributed by atoms with E-state index in [0.717, 1.165) is 0 Å². The number of amides is 2. The number of β-lactam (4-membered cyclic amide) rings is 1. The maximum absolute atomic E-state index is 11.7. The van der Waals surface area contributed by atoms with Crippen molar-refractivity contribution in [2.75, 3.05) is 6.54 Å². The average molecular weight is 240 g/mol. The molecular formula is C12H20N2O3. The number of likely N-dealkylation sites (tertiary alicyclic amines) is 1. The molecule has 1 saturated heterocycles. The van der Waals surface area contributed by atoms with Crippen molar-refractivity contribution in [3.63, 3.8) is 0 Å². The van der Waals surface area contributed by atoms with Crippen molar-refractivity contribution < 1.29 is 14.3 Å². The van der Waals surface area contributed by atoms with Crippen molar-refractivity contribution >= 4 is 12.0 Å². The lowest BCUT2D eigenvalue weighted by atomic mass is 9.97. The first-order chi connectivity index (χ1) is 7.76. The third-order valence-electron chi connectivity index (χ3n) is 2.52. The highest BCUT2D eigenvalue weighted by atomic mass is 16.6. The van der Waals surface area contributed by atoms with E-state index in [-0.39, 0.29) is 11.9 Å². The van der Waals surface area contributed by atoms with Gasteiger partial charge in [-0.1, -0.05) is 6.08 Å². The minimum atomic E-state index is -0.555. The van der Waals surface area contributed by atoms with Crippen LogP contribution in [0, 0.1) is 0 Å². The molecule has 2 amide bonds. The molecule has 0 radical (unpaired) electrons. The minimum absolute atomic E-state index is 0.0204. The highest BCUT2D eigenvalue weighted by molar-refractivity contribution is 5.92.